The Kier molecular flexibility index (Phi) is 3.80. The first-order valence-corrected chi connectivity index (χ1v) is 5.47. The molecule has 20 heavy (non-hydrogen) atoms. The molecular weight excluding hydrogens is 305 g/mol. The summed E-state index contributed by atoms with van der Waals surface area (Å²) in [4.78, 5) is 3.56. The van der Waals surface area contributed by atoms with Gasteiger partial charge in [-0.15, -0.1) is 0 Å². The maximum absolute atomic E-state index is 13.7. The van der Waals surface area contributed by atoms with Crippen LogP contribution in [0.15, 0.2) is 12.3 Å². The molecule has 1 heterocycles. The summed E-state index contributed by atoms with van der Waals surface area (Å²) in [5.41, 5.74) is -1.61. The molecule has 2 aromatic rings. The van der Waals surface area contributed by atoms with Crippen LogP contribution in [0.25, 0.3) is 11.1 Å². The monoisotopic (exact) mass is 309 g/mol. The largest absolute Gasteiger partial charge is 0.495 e. The highest BCUT2D eigenvalue weighted by atomic mass is 35.5. The molecular formula is C12H5ClF5NO. The molecule has 0 aliphatic carbocycles. The number of pyridine rings is 1. The van der Waals surface area contributed by atoms with Crippen LogP contribution >= 0.6 is 11.6 Å². The fraction of sp³-hybridized carbons (Fsp3) is 0.0833. The lowest BCUT2D eigenvalue weighted by atomic mass is 10.1. The van der Waals surface area contributed by atoms with E-state index in [9.17, 15) is 22.0 Å². The third-order valence-corrected chi connectivity index (χ3v) is 2.83. The van der Waals surface area contributed by atoms with E-state index in [1.807, 2.05) is 0 Å². The van der Waals surface area contributed by atoms with Gasteiger partial charge in [-0.2, -0.15) is 0 Å². The van der Waals surface area contributed by atoms with E-state index in [4.69, 9.17) is 16.3 Å². The number of hydrogen-bond donors (Lipinski definition) is 0. The quantitative estimate of drug-likeness (QED) is 0.360. The molecule has 0 saturated heterocycles. The average Bonchev–Trinajstić information content (AvgIpc) is 2.45. The molecule has 0 fully saturated rings. The molecule has 0 bridgehead atoms. The first-order valence-electron chi connectivity index (χ1n) is 5.09. The van der Waals surface area contributed by atoms with Crippen LogP contribution in [0.5, 0.6) is 5.75 Å². The van der Waals surface area contributed by atoms with Crippen molar-refractivity contribution in [3.8, 4) is 16.9 Å². The lowest BCUT2D eigenvalue weighted by molar-refractivity contribution is 0.381. The Morgan fingerprint density at radius 2 is 1.45 bits per heavy atom. The second-order valence-corrected chi connectivity index (χ2v) is 4.02. The van der Waals surface area contributed by atoms with E-state index < -0.39 is 45.4 Å². The third kappa shape index (κ3) is 2.18. The minimum absolute atomic E-state index is 0.0494. The zero-order valence-corrected chi connectivity index (χ0v) is 10.5. The van der Waals surface area contributed by atoms with Crippen LogP contribution in [0.3, 0.4) is 0 Å². The van der Waals surface area contributed by atoms with Crippen molar-refractivity contribution in [2.45, 2.75) is 0 Å². The fourth-order valence-electron chi connectivity index (χ4n) is 1.56. The van der Waals surface area contributed by atoms with Crippen molar-refractivity contribution >= 4 is 11.6 Å². The lowest BCUT2D eigenvalue weighted by Gasteiger charge is -2.10. The second-order valence-electron chi connectivity index (χ2n) is 3.66. The molecule has 1 aromatic carbocycles. The van der Waals surface area contributed by atoms with Crippen molar-refractivity contribution in [1.82, 2.24) is 4.98 Å². The van der Waals surface area contributed by atoms with Crippen molar-refractivity contribution in [2.75, 3.05) is 7.11 Å². The summed E-state index contributed by atoms with van der Waals surface area (Å²) < 4.78 is 71.3. The summed E-state index contributed by atoms with van der Waals surface area (Å²) in [7, 11) is 1.24. The zero-order chi connectivity index (χ0) is 15.0. The Morgan fingerprint density at radius 1 is 0.950 bits per heavy atom. The maximum Gasteiger partial charge on any atom is 0.200 e. The van der Waals surface area contributed by atoms with Crippen molar-refractivity contribution in [1.29, 1.82) is 0 Å². The van der Waals surface area contributed by atoms with Gasteiger partial charge in [0.25, 0.3) is 0 Å². The van der Waals surface area contributed by atoms with Crippen molar-refractivity contribution in [3.05, 3.63) is 46.5 Å². The molecule has 2 nitrogen and oxygen atoms in total. The van der Waals surface area contributed by atoms with Gasteiger partial charge in [0.1, 0.15) is 10.9 Å². The minimum atomic E-state index is -2.24. The number of halogens is 6. The molecule has 0 radical (unpaired) electrons. The Morgan fingerprint density at radius 3 is 1.95 bits per heavy atom. The highest BCUT2D eigenvalue weighted by molar-refractivity contribution is 6.32. The molecule has 0 amide bonds. The highest BCUT2D eigenvalue weighted by Crippen LogP contribution is 2.36. The van der Waals surface area contributed by atoms with Crippen LogP contribution in [0.1, 0.15) is 0 Å². The lowest BCUT2D eigenvalue weighted by Crippen LogP contribution is -2.04. The predicted molar refractivity (Wildman–Crippen MR) is 61.0 cm³/mol. The van der Waals surface area contributed by atoms with E-state index in [1.165, 1.54) is 7.11 Å². The molecule has 1 aromatic heterocycles. The van der Waals surface area contributed by atoms with E-state index in [-0.39, 0.29) is 5.75 Å². The SMILES string of the molecule is COc1cnc(Cl)c(-c2c(F)c(F)c(F)c(F)c2F)c1. The van der Waals surface area contributed by atoms with Gasteiger partial charge >= 0.3 is 0 Å². The van der Waals surface area contributed by atoms with Crippen LogP contribution < -0.4 is 4.74 Å². The molecule has 0 N–H and O–H groups in total. The van der Waals surface area contributed by atoms with Crippen LogP contribution in [0.2, 0.25) is 5.15 Å². The topological polar surface area (TPSA) is 22.1 Å². The Hall–Kier alpha value is -1.89. The number of hydrogen-bond acceptors (Lipinski definition) is 2. The Labute approximate surface area is 114 Å². The summed E-state index contributed by atoms with van der Waals surface area (Å²) in [5, 5.41) is -0.422. The molecule has 0 unspecified atom stereocenters. The van der Waals surface area contributed by atoms with E-state index in [1.54, 1.807) is 0 Å². The number of benzene rings is 1. The average molecular weight is 310 g/mol. The first kappa shape index (κ1) is 14.5. The van der Waals surface area contributed by atoms with Crippen molar-refractivity contribution in [3.63, 3.8) is 0 Å². The van der Waals surface area contributed by atoms with E-state index in [0.29, 0.717) is 0 Å². The van der Waals surface area contributed by atoms with E-state index in [0.717, 1.165) is 12.3 Å². The van der Waals surface area contributed by atoms with Gasteiger partial charge in [-0.05, 0) is 6.07 Å². The number of nitrogens with zero attached hydrogens (tertiary/aromatic N) is 1. The van der Waals surface area contributed by atoms with Crippen LogP contribution in [0.4, 0.5) is 22.0 Å². The molecule has 0 aliphatic rings. The fourth-order valence-corrected chi connectivity index (χ4v) is 1.76. The molecule has 8 heteroatoms. The third-order valence-electron chi connectivity index (χ3n) is 2.53. The van der Waals surface area contributed by atoms with Gasteiger partial charge in [-0.1, -0.05) is 11.6 Å². The minimum Gasteiger partial charge on any atom is -0.495 e. The van der Waals surface area contributed by atoms with Crippen LogP contribution in [-0.4, -0.2) is 12.1 Å². The number of methoxy groups -OCH3 is 1. The maximum atomic E-state index is 13.7. The van der Waals surface area contributed by atoms with Gasteiger partial charge in [-0.3, -0.25) is 0 Å². The number of rotatable bonds is 2. The highest BCUT2D eigenvalue weighted by Gasteiger charge is 2.28. The molecule has 2 rings (SSSR count). The summed E-state index contributed by atoms with van der Waals surface area (Å²) in [6.45, 7) is 0. The number of aromatic nitrogens is 1. The van der Waals surface area contributed by atoms with Crippen molar-refractivity contribution in [2.24, 2.45) is 0 Å². The summed E-state index contributed by atoms with van der Waals surface area (Å²) in [6, 6.07) is 1.02. The summed E-state index contributed by atoms with van der Waals surface area (Å²) in [5.74, 6) is -10.3. The summed E-state index contributed by atoms with van der Waals surface area (Å²) in [6.07, 6.45) is 1.14. The van der Waals surface area contributed by atoms with Crippen LogP contribution in [-0.2, 0) is 0 Å². The normalized spacial score (nSPS) is 10.8. The molecule has 106 valence electrons. The van der Waals surface area contributed by atoms with Gasteiger partial charge in [0.05, 0.1) is 18.9 Å². The molecule has 0 saturated carbocycles. The van der Waals surface area contributed by atoms with Gasteiger partial charge < -0.3 is 4.74 Å². The number of ether oxygens (including phenoxy) is 1. The van der Waals surface area contributed by atoms with Gasteiger partial charge in [0.2, 0.25) is 5.82 Å². The molecule has 0 spiro atoms. The van der Waals surface area contributed by atoms with Crippen molar-refractivity contribution < 1.29 is 26.7 Å². The Bertz CT molecular complexity index is 663. The van der Waals surface area contributed by atoms with E-state index >= 15 is 0 Å². The Balaban J connectivity index is 2.83. The smallest absolute Gasteiger partial charge is 0.200 e. The molecule has 0 aliphatic heterocycles. The second kappa shape index (κ2) is 5.24. The predicted octanol–water partition coefficient (Wildman–Crippen LogP) is 4.11. The van der Waals surface area contributed by atoms with Gasteiger partial charge in [0.15, 0.2) is 23.3 Å². The van der Waals surface area contributed by atoms with Gasteiger partial charge in [-0.25, -0.2) is 26.9 Å². The summed E-state index contributed by atoms with van der Waals surface area (Å²) >= 11 is 5.64. The first-order chi connectivity index (χ1) is 9.38. The molecule has 0 atom stereocenters. The van der Waals surface area contributed by atoms with Crippen LogP contribution in [0, 0.1) is 29.1 Å². The van der Waals surface area contributed by atoms with Gasteiger partial charge in [0, 0.05) is 5.56 Å². The zero-order valence-electron chi connectivity index (χ0n) is 9.78. The van der Waals surface area contributed by atoms with E-state index in [2.05, 4.69) is 4.98 Å². The standard InChI is InChI=1S/C12H5ClF5NO/c1-20-4-2-5(12(13)19-3-4)6-7(14)9(16)11(18)10(17)8(6)15/h2-3H,1H3.